The first kappa shape index (κ1) is 25.4. The third kappa shape index (κ3) is 5.27. The van der Waals surface area contributed by atoms with Crippen molar-refractivity contribution in [2.75, 3.05) is 18.0 Å². The Kier molecular flexibility index (Phi) is 7.32. The summed E-state index contributed by atoms with van der Waals surface area (Å²) in [5.41, 5.74) is 2.78. The van der Waals surface area contributed by atoms with Crippen molar-refractivity contribution in [3.8, 4) is 0 Å². The maximum Gasteiger partial charge on any atom is 0.245 e. The molecule has 4 aromatic rings. The standard InChI is InChI=1S/C27H27FN4O3S2/c1-2-19-10-11-23-24(17-19)36-27(30-23)32(18-21-7-5-6-14-29-21)26(33)20-12-15-31(16-13-20)37(34,35)25-9-4-3-8-22(25)28/h3-11,14,17,20H,2,12-13,15-16,18H2,1H3. The first-order valence-corrected chi connectivity index (χ1v) is 14.5. The number of rotatable bonds is 7. The number of carbonyl (C=O) groups excluding carboxylic acids is 1. The minimum absolute atomic E-state index is 0.108. The van der Waals surface area contributed by atoms with Gasteiger partial charge in [-0.2, -0.15) is 4.31 Å². The van der Waals surface area contributed by atoms with Crippen molar-refractivity contribution in [3.63, 3.8) is 0 Å². The molecule has 2 aromatic heterocycles. The molecular weight excluding hydrogens is 511 g/mol. The molecule has 1 aliphatic rings. The predicted molar refractivity (Wildman–Crippen MR) is 142 cm³/mol. The van der Waals surface area contributed by atoms with E-state index in [1.54, 1.807) is 11.1 Å². The van der Waals surface area contributed by atoms with Crippen LogP contribution >= 0.6 is 11.3 Å². The number of halogens is 1. The van der Waals surface area contributed by atoms with Crippen LogP contribution < -0.4 is 4.90 Å². The van der Waals surface area contributed by atoms with E-state index in [0.717, 1.165) is 28.4 Å². The molecule has 1 saturated heterocycles. The van der Waals surface area contributed by atoms with Crippen LogP contribution in [0.2, 0.25) is 0 Å². The average molecular weight is 539 g/mol. The van der Waals surface area contributed by atoms with Crippen LogP contribution in [0.25, 0.3) is 10.2 Å². The molecule has 0 unspecified atom stereocenters. The molecule has 0 spiro atoms. The van der Waals surface area contributed by atoms with Gasteiger partial charge in [0.2, 0.25) is 15.9 Å². The number of piperidine rings is 1. The number of anilines is 1. The number of aromatic nitrogens is 2. The summed E-state index contributed by atoms with van der Waals surface area (Å²) in [6, 6.07) is 17.1. The largest absolute Gasteiger partial charge is 0.282 e. The van der Waals surface area contributed by atoms with Gasteiger partial charge >= 0.3 is 0 Å². The molecule has 2 aromatic carbocycles. The topological polar surface area (TPSA) is 83.5 Å². The molecule has 0 atom stereocenters. The maximum atomic E-state index is 14.2. The number of pyridine rings is 1. The van der Waals surface area contributed by atoms with Gasteiger partial charge in [0.25, 0.3) is 0 Å². The van der Waals surface area contributed by atoms with Crippen molar-refractivity contribution in [1.82, 2.24) is 14.3 Å². The Morgan fingerprint density at radius 3 is 2.57 bits per heavy atom. The Hall–Kier alpha value is -3.21. The van der Waals surface area contributed by atoms with Crippen LogP contribution in [0.4, 0.5) is 9.52 Å². The summed E-state index contributed by atoms with van der Waals surface area (Å²) in [7, 11) is -3.97. The van der Waals surface area contributed by atoms with Gasteiger partial charge in [0.1, 0.15) is 10.7 Å². The van der Waals surface area contributed by atoms with Gasteiger partial charge in [-0.3, -0.25) is 14.7 Å². The number of carbonyl (C=O) groups is 1. The molecule has 37 heavy (non-hydrogen) atoms. The molecule has 10 heteroatoms. The smallest absolute Gasteiger partial charge is 0.245 e. The molecular formula is C27H27FN4O3S2. The van der Waals surface area contributed by atoms with E-state index < -0.39 is 15.8 Å². The van der Waals surface area contributed by atoms with Crippen LogP contribution in [0.5, 0.6) is 0 Å². The molecule has 0 radical (unpaired) electrons. The van der Waals surface area contributed by atoms with Crippen LogP contribution in [0, 0.1) is 11.7 Å². The molecule has 7 nitrogen and oxygen atoms in total. The van der Waals surface area contributed by atoms with Crippen molar-refractivity contribution < 1.29 is 17.6 Å². The lowest BCUT2D eigenvalue weighted by Crippen LogP contribution is -2.44. The van der Waals surface area contributed by atoms with Gasteiger partial charge in [-0.1, -0.05) is 42.5 Å². The summed E-state index contributed by atoms with van der Waals surface area (Å²) in [6.07, 6.45) is 3.29. The summed E-state index contributed by atoms with van der Waals surface area (Å²) < 4.78 is 42.5. The number of hydrogen-bond donors (Lipinski definition) is 0. The number of hydrogen-bond acceptors (Lipinski definition) is 6. The quantitative estimate of drug-likeness (QED) is 0.330. The minimum Gasteiger partial charge on any atom is -0.282 e. The van der Waals surface area contributed by atoms with Crippen LogP contribution in [-0.4, -0.2) is 41.7 Å². The number of fused-ring (bicyclic) bond motifs is 1. The van der Waals surface area contributed by atoms with Crippen molar-refractivity contribution in [1.29, 1.82) is 0 Å². The molecule has 0 saturated carbocycles. The highest BCUT2D eigenvalue weighted by molar-refractivity contribution is 7.89. The second-order valence-electron chi connectivity index (χ2n) is 9.01. The number of benzene rings is 2. The van der Waals surface area contributed by atoms with Gasteiger partial charge < -0.3 is 0 Å². The van der Waals surface area contributed by atoms with Gasteiger partial charge in [-0.15, -0.1) is 0 Å². The van der Waals surface area contributed by atoms with Crippen molar-refractivity contribution >= 4 is 42.6 Å². The SMILES string of the molecule is CCc1ccc2nc(N(Cc3ccccn3)C(=O)C3CCN(S(=O)(=O)c4ccccc4F)CC3)sc2c1. The highest BCUT2D eigenvalue weighted by Gasteiger charge is 2.36. The fraction of sp³-hybridized carbons (Fsp3) is 0.296. The molecule has 0 bridgehead atoms. The second-order valence-corrected chi connectivity index (χ2v) is 11.9. The lowest BCUT2D eigenvalue weighted by molar-refractivity contribution is -0.123. The summed E-state index contributed by atoms with van der Waals surface area (Å²) >= 11 is 1.47. The molecule has 5 rings (SSSR count). The van der Waals surface area contributed by atoms with E-state index in [-0.39, 0.29) is 36.4 Å². The van der Waals surface area contributed by atoms with Crippen molar-refractivity contribution in [2.45, 2.75) is 37.6 Å². The maximum absolute atomic E-state index is 14.2. The Balaban J connectivity index is 1.38. The van der Waals surface area contributed by atoms with E-state index in [4.69, 9.17) is 4.98 Å². The number of sulfonamides is 1. The van der Waals surface area contributed by atoms with Crippen molar-refractivity contribution in [2.24, 2.45) is 5.92 Å². The lowest BCUT2D eigenvalue weighted by atomic mass is 9.96. The van der Waals surface area contributed by atoms with Crippen LogP contribution in [0.15, 0.2) is 71.8 Å². The predicted octanol–water partition coefficient (Wildman–Crippen LogP) is 5.03. The number of aryl methyl sites for hydroxylation is 1. The van der Waals surface area contributed by atoms with Gasteiger partial charge in [-0.25, -0.2) is 17.8 Å². The zero-order chi connectivity index (χ0) is 26.0. The molecule has 0 aliphatic carbocycles. The van der Waals surface area contributed by atoms with E-state index in [2.05, 4.69) is 18.0 Å². The summed E-state index contributed by atoms with van der Waals surface area (Å²) in [5.74, 6) is -1.26. The molecule has 192 valence electrons. The third-order valence-electron chi connectivity index (χ3n) is 6.65. The van der Waals surface area contributed by atoms with Gasteiger partial charge in [-0.05, 0) is 61.2 Å². The van der Waals surface area contributed by atoms with Gasteiger partial charge in [0, 0.05) is 25.2 Å². The fourth-order valence-corrected chi connectivity index (χ4v) is 7.11. The Labute approximate surface area is 219 Å². The minimum atomic E-state index is -3.97. The average Bonchev–Trinajstić information content (AvgIpc) is 3.35. The first-order valence-electron chi connectivity index (χ1n) is 12.2. The Morgan fingerprint density at radius 1 is 1.11 bits per heavy atom. The zero-order valence-corrected chi connectivity index (χ0v) is 22.0. The highest BCUT2D eigenvalue weighted by Crippen LogP contribution is 2.33. The molecule has 1 fully saturated rings. The van der Waals surface area contributed by atoms with E-state index in [0.29, 0.717) is 18.0 Å². The Bertz CT molecular complexity index is 1520. The third-order valence-corrected chi connectivity index (χ3v) is 9.62. The van der Waals surface area contributed by atoms with E-state index in [9.17, 15) is 17.6 Å². The van der Waals surface area contributed by atoms with Crippen LogP contribution in [-0.2, 0) is 27.8 Å². The number of amides is 1. The second kappa shape index (κ2) is 10.6. The fourth-order valence-electron chi connectivity index (χ4n) is 4.54. The summed E-state index contributed by atoms with van der Waals surface area (Å²) in [5, 5.41) is 0.598. The zero-order valence-electron chi connectivity index (χ0n) is 20.4. The molecule has 3 heterocycles. The van der Waals surface area contributed by atoms with E-state index in [1.165, 1.54) is 39.4 Å². The number of thiazole rings is 1. The lowest BCUT2D eigenvalue weighted by Gasteiger charge is -2.33. The highest BCUT2D eigenvalue weighted by atomic mass is 32.2. The van der Waals surface area contributed by atoms with Crippen LogP contribution in [0.3, 0.4) is 0 Å². The Morgan fingerprint density at radius 2 is 1.86 bits per heavy atom. The monoisotopic (exact) mass is 538 g/mol. The number of nitrogens with zero attached hydrogens (tertiary/aromatic N) is 4. The van der Waals surface area contributed by atoms with Gasteiger partial charge in [0.15, 0.2) is 5.13 Å². The van der Waals surface area contributed by atoms with Crippen molar-refractivity contribution in [3.05, 3.63) is 83.9 Å². The normalized spacial score (nSPS) is 15.2. The van der Waals surface area contributed by atoms with Gasteiger partial charge in [0.05, 0.1) is 22.5 Å². The van der Waals surface area contributed by atoms with E-state index >= 15 is 0 Å². The molecule has 1 aliphatic heterocycles. The summed E-state index contributed by atoms with van der Waals surface area (Å²) in [6.45, 7) is 2.65. The van der Waals surface area contributed by atoms with E-state index in [1.807, 2.05) is 30.3 Å². The molecule has 1 amide bonds. The van der Waals surface area contributed by atoms with Crippen LogP contribution in [0.1, 0.15) is 31.0 Å². The molecule has 0 N–H and O–H groups in total. The summed E-state index contributed by atoms with van der Waals surface area (Å²) in [4.78, 5) is 24.3. The first-order chi connectivity index (χ1) is 17.9.